The number of aromatic nitrogens is 1. The molecule has 1 heterocycles. The fourth-order valence-corrected chi connectivity index (χ4v) is 4.15. The van der Waals surface area contributed by atoms with E-state index in [-0.39, 0.29) is 22.5 Å². The number of carbonyl (C=O) groups is 1. The lowest BCUT2D eigenvalue weighted by atomic mass is 9.87. The number of nitrogens with one attached hydrogen (secondary N) is 1. The summed E-state index contributed by atoms with van der Waals surface area (Å²) in [5.74, 6) is 0.124. The molecule has 1 aliphatic carbocycles. The summed E-state index contributed by atoms with van der Waals surface area (Å²) >= 11 is 0. The van der Waals surface area contributed by atoms with Crippen LogP contribution in [0.4, 0.5) is 0 Å². The molecule has 144 valence electrons. The van der Waals surface area contributed by atoms with E-state index < -0.39 is 9.84 Å². The molecule has 0 saturated carbocycles. The van der Waals surface area contributed by atoms with Gasteiger partial charge in [0.1, 0.15) is 0 Å². The largest absolute Gasteiger partial charge is 0.355 e. The first-order chi connectivity index (χ1) is 13.4. The second kappa shape index (κ2) is 7.24. The monoisotopic (exact) mass is 396 g/mol. The molecule has 4 rings (SSSR count). The lowest BCUT2D eigenvalue weighted by molar-refractivity contribution is 0.0923. The molecule has 3 aromatic rings. The molecule has 0 bridgehead atoms. The second-order valence-corrected chi connectivity index (χ2v) is 9.01. The summed E-state index contributed by atoms with van der Waals surface area (Å²) in [6.07, 6.45) is 4.10. The molecule has 2 aromatic carbocycles. The molecule has 7 heteroatoms. The van der Waals surface area contributed by atoms with E-state index in [1.165, 1.54) is 17.7 Å². The number of benzene rings is 2. The predicted octanol–water partition coefficient (Wildman–Crippen LogP) is 3.55. The minimum atomic E-state index is -3.26. The molecule has 1 N–H and O–H groups in total. The predicted molar refractivity (Wildman–Crippen MR) is 105 cm³/mol. The Morgan fingerprint density at radius 3 is 2.64 bits per heavy atom. The summed E-state index contributed by atoms with van der Waals surface area (Å²) in [5.41, 5.74) is 3.28. The maximum atomic E-state index is 12.6. The number of carbonyl (C=O) groups excluding carboxylic acids is 1. The standard InChI is InChI=1S/C21H20N2O4S/c1-28(25,26)16-11-9-15(10-12-16)20-13-19(23-27-20)21(24)22-18-8-4-6-14-5-2-3-7-17(14)18/h2-3,5,7,9-13,18H,4,6,8H2,1H3,(H,22,24). The Hall–Kier alpha value is -2.93. The quantitative estimate of drug-likeness (QED) is 0.728. The SMILES string of the molecule is CS(=O)(=O)c1ccc(-c2cc(C(=O)NC3CCCc4ccccc43)no2)cc1. The van der Waals surface area contributed by atoms with E-state index in [1.807, 2.05) is 12.1 Å². The molecule has 0 saturated heterocycles. The Bertz CT molecular complexity index is 1120. The summed E-state index contributed by atoms with van der Waals surface area (Å²) < 4.78 is 28.4. The highest BCUT2D eigenvalue weighted by Crippen LogP contribution is 2.30. The summed E-state index contributed by atoms with van der Waals surface area (Å²) in [6.45, 7) is 0. The Morgan fingerprint density at radius 2 is 1.89 bits per heavy atom. The van der Waals surface area contributed by atoms with Crippen molar-refractivity contribution in [1.29, 1.82) is 0 Å². The van der Waals surface area contributed by atoms with Gasteiger partial charge in [-0.15, -0.1) is 0 Å². The molecule has 1 atom stereocenters. The molecule has 0 aliphatic heterocycles. The maximum Gasteiger partial charge on any atom is 0.273 e. The van der Waals surface area contributed by atoms with Gasteiger partial charge in [0.2, 0.25) is 0 Å². The molecule has 1 amide bonds. The third-order valence-electron chi connectivity index (χ3n) is 4.98. The summed E-state index contributed by atoms with van der Waals surface area (Å²) in [5, 5.41) is 6.92. The normalized spacial score (nSPS) is 16.4. The molecule has 0 spiro atoms. The number of nitrogens with zero attached hydrogens (tertiary/aromatic N) is 1. The van der Waals surface area contributed by atoms with Crippen LogP contribution in [0, 0.1) is 0 Å². The fourth-order valence-electron chi connectivity index (χ4n) is 3.52. The van der Waals surface area contributed by atoms with Gasteiger partial charge in [-0.2, -0.15) is 0 Å². The van der Waals surface area contributed by atoms with Crippen LogP contribution < -0.4 is 5.32 Å². The third kappa shape index (κ3) is 3.71. The van der Waals surface area contributed by atoms with Gasteiger partial charge in [-0.3, -0.25) is 4.79 Å². The Kier molecular flexibility index (Phi) is 4.77. The number of hydrogen-bond donors (Lipinski definition) is 1. The average molecular weight is 396 g/mol. The van der Waals surface area contributed by atoms with Crippen molar-refractivity contribution in [3.63, 3.8) is 0 Å². The first kappa shape index (κ1) is 18.4. The van der Waals surface area contributed by atoms with Crippen LogP contribution in [0.1, 0.15) is 40.5 Å². The van der Waals surface area contributed by atoms with Gasteiger partial charge in [0.05, 0.1) is 10.9 Å². The third-order valence-corrected chi connectivity index (χ3v) is 6.11. The number of rotatable bonds is 4. The van der Waals surface area contributed by atoms with E-state index in [0.717, 1.165) is 31.1 Å². The fraction of sp³-hybridized carbons (Fsp3) is 0.238. The lowest BCUT2D eigenvalue weighted by Gasteiger charge is -2.25. The van der Waals surface area contributed by atoms with Gasteiger partial charge in [-0.25, -0.2) is 8.42 Å². The van der Waals surface area contributed by atoms with Crippen molar-refractivity contribution in [3.8, 4) is 11.3 Å². The van der Waals surface area contributed by atoms with Gasteiger partial charge in [0, 0.05) is 17.9 Å². The number of sulfone groups is 1. The van der Waals surface area contributed by atoms with Crippen LogP contribution in [-0.4, -0.2) is 25.7 Å². The Morgan fingerprint density at radius 1 is 1.14 bits per heavy atom. The van der Waals surface area contributed by atoms with Gasteiger partial charge in [0.25, 0.3) is 5.91 Å². The van der Waals surface area contributed by atoms with Crippen LogP contribution in [0.5, 0.6) is 0 Å². The van der Waals surface area contributed by atoms with Crippen molar-refractivity contribution in [2.45, 2.75) is 30.2 Å². The highest BCUT2D eigenvalue weighted by atomic mass is 32.2. The number of aryl methyl sites for hydroxylation is 1. The van der Waals surface area contributed by atoms with Gasteiger partial charge >= 0.3 is 0 Å². The zero-order valence-corrected chi connectivity index (χ0v) is 16.2. The van der Waals surface area contributed by atoms with Crippen LogP contribution in [0.25, 0.3) is 11.3 Å². The highest BCUT2D eigenvalue weighted by molar-refractivity contribution is 7.90. The number of fused-ring (bicyclic) bond motifs is 1. The molecule has 1 aromatic heterocycles. The Labute approximate surface area is 163 Å². The van der Waals surface area contributed by atoms with E-state index in [0.29, 0.717) is 11.3 Å². The number of amides is 1. The van der Waals surface area contributed by atoms with Gasteiger partial charge in [-0.05, 0) is 54.7 Å². The Balaban J connectivity index is 1.51. The minimum absolute atomic E-state index is 0.0355. The first-order valence-corrected chi connectivity index (χ1v) is 11.0. The topological polar surface area (TPSA) is 89.3 Å². The highest BCUT2D eigenvalue weighted by Gasteiger charge is 2.23. The molecule has 0 radical (unpaired) electrons. The summed E-state index contributed by atoms with van der Waals surface area (Å²) in [6, 6.07) is 16.0. The van der Waals surface area contributed by atoms with Crippen LogP contribution in [0.3, 0.4) is 0 Å². The molecular formula is C21H20N2O4S. The van der Waals surface area contributed by atoms with Crippen molar-refractivity contribution in [1.82, 2.24) is 10.5 Å². The van der Waals surface area contributed by atoms with Crippen LogP contribution in [-0.2, 0) is 16.3 Å². The first-order valence-electron chi connectivity index (χ1n) is 9.08. The zero-order valence-electron chi connectivity index (χ0n) is 15.4. The number of hydrogen-bond acceptors (Lipinski definition) is 5. The van der Waals surface area contributed by atoms with Crippen LogP contribution in [0.15, 0.2) is 64.0 Å². The van der Waals surface area contributed by atoms with Crippen molar-refractivity contribution < 1.29 is 17.7 Å². The van der Waals surface area contributed by atoms with E-state index in [9.17, 15) is 13.2 Å². The van der Waals surface area contributed by atoms with Crippen LogP contribution >= 0.6 is 0 Å². The van der Waals surface area contributed by atoms with E-state index >= 15 is 0 Å². The lowest BCUT2D eigenvalue weighted by Crippen LogP contribution is -2.31. The van der Waals surface area contributed by atoms with E-state index in [1.54, 1.807) is 18.2 Å². The molecule has 28 heavy (non-hydrogen) atoms. The minimum Gasteiger partial charge on any atom is -0.355 e. The maximum absolute atomic E-state index is 12.6. The van der Waals surface area contributed by atoms with Crippen LogP contribution in [0.2, 0.25) is 0 Å². The van der Waals surface area contributed by atoms with Crippen molar-refractivity contribution in [2.75, 3.05) is 6.26 Å². The smallest absolute Gasteiger partial charge is 0.273 e. The molecule has 0 fully saturated rings. The van der Waals surface area contributed by atoms with Gasteiger partial charge in [0.15, 0.2) is 21.3 Å². The average Bonchev–Trinajstić information content (AvgIpc) is 3.18. The summed E-state index contributed by atoms with van der Waals surface area (Å²) in [4.78, 5) is 12.9. The molecular weight excluding hydrogens is 376 g/mol. The van der Waals surface area contributed by atoms with E-state index in [2.05, 4.69) is 22.6 Å². The molecule has 6 nitrogen and oxygen atoms in total. The van der Waals surface area contributed by atoms with Gasteiger partial charge in [-0.1, -0.05) is 29.4 Å². The van der Waals surface area contributed by atoms with Gasteiger partial charge < -0.3 is 9.84 Å². The second-order valence-electron chi connectivity index (χ2n) is 6.99. The zero-order chi connectivity index (χ0) is 19.7. The van der Waals surface area contributed by atoms with Crippen molar-refractivity contribution in [3.05, 3.63) is 71.4 Å². The van der Waals surface area contributed by atoms with E-state index in [4.69, 9.17) is 4.52 Å². The van der Waals surface area contributed by atoms with Crippen molar-refractivity contribution >= 4 is 15.7 Å². The molecule has 1 aliphatic rings. The summed E-state index contributed by atoms with van der Waals surface area (Å²) in [7, 11) is -3.26. The molecule has 1 unspecified atom stereocenters. The van der Waals surface area contributed by atoms with Crippen molar-refractivity contribution in [2.24, 2.45) is 0 Å².